The third-order valence-corrected chi connectivity index (χ3v) is 2.90. The Hall–Kier alpha value is -0.410. The molecule has 0 saturated heterocycles. The standard InChI is InChI=1S/C8H12FNS/c1-2-8(9,6-10)7-4-3-5-11-7/h3-5H,2,6,10H2,1H3. The highest BCUT2D eigenvalue weighted by Crippen LogP contribution is 2.31. The van der Waals surface area contributed by atoms with Crippen molar-refractivity contribution in [2.24, 2.45) is 5.73 Å². The summed E-state index contributed by atoms with van der Waals surface area (Å²) in [5.74, 6) is 0. The van der Waals surface area contributed by atoms with Crippen molar-refractivity contribution < 1.29 is 4.39 Å². The van der Waals surface area contributed by atoms with E-state index in [0.29, 0.717) is 6.42 Å². The van der Waals surface area contributed by atoms with E-state index in [2.05, 4.69) is 0 Å². The molecule has 1 heterocycles. The minimum absolute atomic E-state index is 0.0734. The molecule has 1 unspecified atom stereocenters. The van der Waals surface area contributed by atoms with Gasteiger partial charge in [-0.1, -0.05) is 13.0 Å². The third-order valence-electron chi connectivity index (χ3n) is 1.85. The molecule has 1 rings (SSSR count). The van der Waals surface area contributed by atoms with E-state index in [0.717, 1.165) is 4.88 Å². The van der Waals surface area contributed by atoms with E-state index in [1.165, 1.54) is 11.3 Å². The molecule has 2 N–H and O–H groups in total. The summed E-state index contributed by atoms with van der Waals surface area (Å²) >= 11 is 1.42. The zero-order valence-electron chi connectivity index (χ0n) is 6.51. The molecular weight excluding hydrogens is 161 g/mol. The van der Waals surface area contributed by atoms with E-state index < -0.39 is 5.67 Å². The van der Waals surface area contributed by atoms with Crippen molar-refractivity contribution in [1.29, 1.82) is 0 Å². The second-order valence-electron chi connectivity index (χ2n) is 2.50. The van der Waals surface area contributed by atoms with Gasteiger partial charge in [0.15, 0.2) is 5.67 Å². The first-order valence-corrected chi connectivity index (χ1v) is 4.54. The molecule has 0 aliphatic heterocycles. The van der Waals surface area contributed by atoms with E-state index in [9.17, 15) is 4.39 Å². The topological polar surface area (TPSA) is 26.0 Å². The highest BCUT2D eigenvalue weighted by atomic mass is 32.1. The van der Waals surface area contributed by atoms with E-state index >= 15 is 0 Å². The van der Waals surface area contributed by atoms with Crippen molar-refractivity contribution >= 4 is 11.3 Å². The molecule has 0 amide bonds. The summed E-state index contributed by atoms with van der Waals surface area (Å²) in [6, 6.07) is 3.64. The zero-order valence-corrected chi connectivity index (χ0v) is 7.33. The normalized spacial score (nSPS) is 16.3. The molecule has 3 heteroatoms. The van der Waals surface area contributed by atoms with Crippen LogP contribution in [-0.4, -0.2) is 6.54 Å². The van der Waals surface area contributed by atoms with Gasteiger partial charge < -0.3 is 5.73 Å². The van der Waals surface area contributed by atoms with Gasteiger partial charge >= 0.3 is 0 Å². The molecule has 1 nitrogen and oxygen atoms in total. The van der Waals surface area contributed by atoms with E-state index in [1.807, 2.05) is 18.4 Å². The Morgan fingerprint density at radius 3 is 2.82 bits per heavy atom. The minimum Gasteiger partial charge on any atom is -0.327 e. The second-order valence-corrected chi connectivity index (χ2v) is 3.45. The van der Waals surface area contributed by atoms with Crippen LogP contribution in [0.5, 0.6) is 0 Å². The van der Waals surface area contributed by atoms with Crippen molar-refractivity contribution in [2.45, 2.75) is 19.0 Å². The van der Waals surface area contributed by atoms with Gasteiger partial charge in [0.05, 0.1) is 0 Å². The van der Waals surface area contributed by atoms with Gasteiger partial charge in [0, 0.05) is 11.4 Å². The Morgan fingerprint density at radius 2 is 2.45 bits per heavy atom. The largest absolute Gasteiger partial charge is 0.327 e. The van der Waals surface area contributed by atoms with Crippen molar-refractivity contribution in [3.05, 3.63) is 22.4 Å². The number of hydrogen-bond acceptors (Lipinski definition) is 2. The molecule has 0 fully saturated rings. The van der Waals surface area contributed by atoms with Crippen molar-refractivity contribution in [3.8, 4) is 0 Å². The summed E-state index contributed by atoms with van der Waals surface area (Å²) in [7, 11) is 0. The van der Waals surface area contributed by atoms with Crippen molar-refractivity contribution in [1.82, 2.24) is 0 Å². The summed E-state index contributed by atoms with van der Waals surface area (Å²) in [6.45, 7) is 1.89. The molecule has 1 aromatic rings. The van der Waals surface area contributed by atoms with Gasteiger partial charge in [-0.15, -0.1) is 11.3 Å². The van der Waals surface area contributed by atoms with Gasteiger partial charge in [-0.2, -0.15) is 0 Å². The van der Waals surface area contributed by atoms with Crippen LogP contribution in [0.2, 0.25) is 0 Å². The highest BCUT2D eigenvalue weighted by molar-refractivity contribution is 7.10. The summed E-state index contributed by atoms with van der Waals surface area (Å²) in [4.78, 5) is 0.738. The van der Waals surface area contributed by atoms with Crippen LogP contribution >= 0.6 is 11.3 Å². The molecule has 0 aromatic carbocycles. The maximum atomic E-state index is 13.7. The third kappa shape index (κ3) is 1.60. The van der Waals surface area contributed by atoms with E-state index in [-0.39, 0.29) is 6.54 Å². The van der Waals surface area contributed by atoms with Gasteiger partial charge in [-0.25, -0.2) is 4.39 Å². The van der Waals surface area contributed by atoms with Crippen LogP contribution in [0.25, 0.3) is 0 Å². The lowest BCUT2D eigenvalue weighted by atomic mass is 10.0. The number of alkyl halides is 1. The van der Waals surface area contributed by atoms with Gasteiger partial charge in [0.2, 0.25) is 0 Å². The maximum absolute atomic E-state index is 13.7. The summed E-state index contributed by atoms with van der Waals surface area (Å²) < 4.78 is 13.7. The van der Waals surface area contributed by atoms with Crippen molar-refractivity contribution in [3.63, 3.8) is 0 Å². The number of halogens is 1. The maximum Gasteiger partial charge on any atom is 0.156 e. The van der Waals surface area contributed by atoms with Crippen LogP contribution in [0.4, 0.5) is 4.39 Å². The summed E-state index contributed by atoms with van der Waals surface area (Å²) in [5.41, 5.74) is 4.04. The summed E-state index contributed by atoms with van der Waals surface area (Å²) in [6.07, 6.45) is 0.448. The number of nitrogens with two attached hydrogens (primary N) is 1. The van der Waals surface area contributed by atoms with E-state index in [1.54, 1.807) is 6.07 Å². The van der Waals surface area contributed by atoms with Crippen LogP contribution in [0.3, 0.4) is 0 Å². The molecule has 0 saturated carbocycles. The number of hydrogen-bond donors (Lipinski definition) is 1. The Bertz CT molecular complexity index is 204. The van der Waals surface area contributed by atoms with Gasteiger partial charge in [-0.3, -0.25) is 0 Å². The molecule has 0 aliphatic rings. The number of thiophene rings is 1. The molecular formula is C8H12FNS. The fraction of sp³-hybridized carbons (Fsp3) is 0.500. The lowest BCUT2D eigenvalue weighted by Gasteiger charge is -2.19. The molecule has 11 heavy (non-hydrogen) atoms. The predicted molar refractivity (Wildman–Crippen MR) is 46.5 cm³/mol. The molecule has 1 atom stereocenters. The monoisotopic (exact) mass is 173 g/mol. The van der Waals surface area contributed by atoms with Gasteiger partial charge in [0.25, 0.3) is 0 Å². The Labute approximate surface area is 70.0 Å². The van der Waals surface area contributed by atoms with Gasteiger partial charge in [-0.05, 0) is 17.9 Å². The lowest BCUT2D eigenvalue weighted by molar-refractivity contribution is 0.174. The lowest BCUT2D eigenvalue weighted by Crippen LogP contribution is -2.28. The zero-order chi connectivity index (χ0) is 8.32. The smallest absolute Gasteiger partial charge is 0.156 e. The molecule has 0 bridgehead atoms. The first kappa shape index (κ1) is 8.68. The molecule has 0 spiro atoms. The van der Waals surface area contributed by atoms with Crippen LogP contribution < -0.4 is 5.73 Å². The highest BCUT2D eigenvalue weighted by Gasteiger charge is 2.28. The quantitative estimate of drug-likeness (QED) is 0.745. The average molecular weight is 173 g/mol. The average Bonchev–Trinajstić information content (AvgIpc) is 2.55. The Kier molecular flexibility index (Phi) is 2.62. The van der Waals surface area contributed by atoms with Crippen LogP contribution in [0, 0.1) is 0 Å². The molecule has 0 aliphatic carbocycles. The summed E-state index contributed by atoms with van der Waals surface area (Å²) in [5, 5.41) is 1.87. The van der Waals surface area contributed by atoms with Crippen LogP contribution in [-0.2, 0) is 5.67 Å². The molecule has 62 valence electrons. The first-order valence-electron chi connectivity index (χ1n) is 3.66. The van der Waals surface area contributed by atoms with Crippen molar-refractivity contribution in [2.75, 3.05) is 6.54 Å². The number of rotatable bonds is 3. The predicted octanol–water partition coefficient (Wildman–Crippen LogP) is 2.28. The van der Waals surface area contributed by atoms with Crippen LogP contribution in [0.15, 0.2) is 17.5 Å². The second kappa shape index (κ2) is 3.32. The fourth-order valence-corrected chi connectivity index (χ4v) is 1.85. The minimum atomic E-state index is -1.30. The molecule has 0 radical (unpaired) electrons. The molecule has 1 aromatic heterocycles. The Morgan fingerprint density at radius 1 is 1.73 bits per heavy atom. The Balaban J connectivity index is 2.87. The fourth-order valence-electron chi connectivity index (χ4n) is 0.953. The van der Waals surface area contributed by atoms with E-state index in [4.69, 9.17) is 5.73 Å². The first-order chi connectivity index (χ1) is 5.23. The van der Waals surface area contributed by atoms with Crippen LogP contribution in [0.1, 0.15) is 18.2 Å². The van der Waals surface area contributed by atoms with Gasteiger partial charge in [0.1, 0.15) is 0 Å². The SMILES string of the molecule is CCC(F)(CN)c1cccs1.